The molecule has 1 heterocycles. The predicted molar refractivity (Wildman–Crippen MR) is 93.4 cm³/mol. The molecular weight excluding hydrogens is 425 g/mol. The highest BCUT2D eigenvalue weighted by Gasteiger charge is 2.20. The van der Waals surface area contributed by atoms with Crippen LogP contribution in [0.25, 0.3) is 0 Å². The number of hydrogen-bond donors (Lipinski definition) is 2. The molecule has 2 N–H and O–H groups in total. The van der Waals surface area contributed by atoms with Crippen LogP contribution in [0.4, 0.5) is 11.5 Å². The van der Waals surface area contributed by atoms with E-state index in [0.717, 1.165) is 3.57 Å². The average molecular weight is 438 g/mol. The third-order valence-corrected chi connectivity index (χ3v) is 5.10. The lowest BCUT2D eigenvalue weighted by molar-refractivity contribution is 0.601. The Hall–Kier alpha value is -1.06. The van der Waals surface area contributed by atoms with E-state index in [0.29, 0.717) is 23.1 Å². The van der Waals surface area contributed by atoms with Crippen LogP contribution in [0.1, 0.15) is 6.92 Å². The maximum atomic E-state index is 12.5. The van der Waals surface area contributed by atoms with Crippen molar-refractivity contribution in [3.63, 3.8) is 0 Å². The van der Waals surface area contributed by atoms with Gasteiger partial charge in [0.15, 0.2) is 0 Å². The number of hydrogen-bond acceptors (Lipinski definition) is 4. The quantitative estimate of drug-likeness (QED) is 0.702. The Kier molecular flexibility index (Phi) is 5.28. The van der Waals surface area contributed by atoms with Crippen LogP contribution in [0.3, 0.4) is 0 Å². The van der Waals surface area contributed by atoms with Gasteiger partial charge in [0.25, 0.3) is 10.0 Å². The van der Waals surface area contributed by atoms with Crippen molar-refractivity contribution in [1.82, 2.24) is 4.98 Å². The smallest absolute Gasteiger partial charge is 0.265 e. The minimum Gasteiger partial charge on any atom is -0.369 e. The van der Waals surface area contributed by atoms with Crippen LogP contribution in [0, 0.1) is 3.57 Å². The predicted octanol–water partition coefficient (Wildman–Crippen LogP) is 3.57. The van der Waals surface area contributed by atoms with Crippen molar-refractivity contribution in [2.75, 3.05) is 16.6 Å². The van der Waals surface area contributed by atoms with Crippen molar-refractivity contribution in [2.24, 2.45) is 0 Å². The lowest BCUT2D eigenvalue weighted by Gasteiger charge is -2.13. The average Bonchev–Trinajstić information content (AvgIpc) is 2.43. The van der Waals surface area contributed by atoms with E-state index in [4.69, 9.17) is 11.6 Å². The molecule has 1 aromatic carbocycles. The van der Waals surface area contributed by atoms with Gasteiger partial charge in [0.05, 0.1) is 5.69 Å². The maximum absolute atomic E-state index is 12.5. The van der Waals surface area contributed by atoms with Crippen molar-refractivity contribution >= 4 is 55.7 Å². The Morgan fingerprint density at radius 1 is 1.33 bits per heavy atom. The Morgan fingerprint density at radius 2 is 2.10 bits per heavy atom. The van der Waals surface area contributed by atoms with Crippen LogP contribution in [0.2, 0.25) is 5.02 Å². The molecule has 0 atom stereocenters. The summed E-state index contributed by atoms with van der Waals surface area (Å²) >= 11 is 7.90. The molecule has 2 aromatic rings. The van der Waals surface area contributed by atoms with E-state index >= 15 is 0 Å². The first-order valence-electron chi connectivity index (χ1n) is 6.11. The van der Waals surface area contributed by atoms with E-state index in [1.165, 1.54) is 6.07 Å². The Labute approximate surface area is 142 Å². The second kappa shape index (κ2) is 6.80. The number of benzene rings is 1. The molecule has 0 saturated heterocycles. The van der Waals surface area contributed by atoms with Crippen LogP contribution in [0.15, 0.2) is 41.4 Å². The summed E-state index contributed by atoms with van der Waals surface area (Å²) in [6.45, 7) is 2.46. The number of rotatable bonds is 5. The van der Waals surface area contributed by atoms with Crippen molar-refractivity contribution in [3.05, 3.63) is 45.1 Å². The molecule has 112 valence electrons. The number of anilines is 2. The number of halogens is 2. The van der Waals surface area contributed by atoms with E-state index in [1.807, 2.05) is 29.5 Å². The van der Waals surface area contributed by atoms with Gasteiger partial charge in [0, 0.05) is 21.3 Å². The Balaban J connectivity index is 2.39. The van der Waals surface area contributed by atoms with Crippen molar-refractivity contribution in [2.45, 2.75) is 11.8 Å². The fourth-order valence-electron chi connectivity index (χ4n) is 1.68. The van der Waals surface area contributed by atoms with Crippen LogP contribution < -0.4 is 10.0 Å². The van der Waals surface area contributed by atoms with Crippen LogP contribution in [-0.4, -0.2) is 19.9 Å². The molecule has 0 aliphatic heterocycles. The minimum atomic E-state index is -3.72. The highest BCUT2D eigenvalue weighted by molar-refractivity contribution is 14.1. The minimum absolute atomic E-state index is 0.109. The summed E-state index contributed by atoms with van der Waals surface area (Å²) in [5.41, 5.74) is 0.478. The molecule has 0 radical (unpaired) electrons. The van der Waals surface area contributed by atoms with Gasteiger partial charge in [-0.15, -0.1) is 0 Å². The molecule has 0 aliphatic rings. The first kappa shape index (κ1) is 16.3. The van der Waals surface area contributed by atoms with E-state index in [9.17, 15) is 8.42 Å². The van der Waals surface area contributed by atoms with Gasteiger partial charge in [-0.1, -0.05) is 11.6 Å². The summed E-state index contributed by atoms with van der Waals surface area (Å²) < 4.78 is 28.3. The fraction of sp³-hybridized carbons (Fsp3) is 0.154. The summed E-state index contributed by atoms with van der Waals surface area (Å²) in [6, 6.07) is 8.05. The van der Waals surface area contributed by atoms with Crippen LogP contribution >= 0.6 is 34.2 Å². The molecule has 0 saturated carbocycles. The highest BCUT2D eigenvalue weighted by atomic mass is 127. The number of aromatic nitrogens is 1. The SMILES string of the molecule is CCNc1ncccc1S(=O)(=O)Nc1ccc(Cl)cc1I. The topological polar surface area (TPSA) is 71.1 Å². The van der Waals surface area contributed by atoms with Gasteiger partial charge in [0.2, 0.25) is 0 Å². The van der Waals surface area contributed by atoms with Gasteiger partial charge >= 0.3 is 0 Å². The van der Waals surface area contributed by atoms with Gasteiger partial charge in [-0.05, 0) is 59.8 Å². The van der Waals surface area contributed by atoms with Crippen LogP contribution in [0.5, 0.6) is 0 Å². The summed E-state index contributed by atoms with van der Waals surface area (Å²) in [7, 11) is -3.72. The molecule has 5 nitrogen and oxygen atoms in total. The lowest BCUT2D eigenvalue weighted by atomic mass is 10.3. The Morgan fingerprint density at radius 3 is 2.76 bits per heavy atom. The normalized spacial score (nSPS) is 11.2. The van der Waals surface area contributed by atoms with Gasteiger partial charge in [-0.3, -0.25) is 4.72 Å². The Bertz CT molecular complexity index is 753. The molecule has 0 bridgehead atoms. The fourth-order valence-corrected chi connectivity index (χ4v) is 4.08. The van der Waals surface area contributed by atoms with Gasteiger partial charge in [-0.2, -0.15) is 0 Å². The van der Waals surface area contributed by atoms with E-state index in [2.05, 4.69) is 15.0 Å². The van der Waals surface area contributed by atoms with Crippen molar-refractivity contribution < 1.29 is 8.42 Å². The van der Waals surface area contributed by atoms with Gasteiger partial charge < -0.3 is 5.32 Å². The third-order valence-electron chi connectivity index (χ3n) is 2.58. The molecule has 2 rings (SSSR count). The van der Waals surface area contributed by atoms with Crippen molar-refractivity contribution in [1.29, 1.82) is 0 Å². The van der Waals surface area contributed by atoms with Gasteiger partial charge in [-0.25, -0.2) is 13.4 Å². The summed E-state index contributed by atoms with van der Waals surface area (Å²) in [5.74, 6) is 0.330. The molecule has 0 aliphatic carbocycles. The molecule has 8 heteroatoms. The van der Waals surface area contributed by atoms with Crippen LogP contribution in [-0.2, 0) is 10.0 Å². The van der Waals surface area contributed by atoms with E-state index < -0.39 is 10.0 Å². The standard InChI is InChI=1S/C13H13ClIN3O2S/c1-2-16-13-12(4-3-7-17-13)21(19,20)18-11-6-5-9(14)8-10(11)15/h3-8,18H,2H2,1H3,(H,16,17). The molecule has 0 amide bonds. The molecule has 0 spiro atoms. The zero-order valence-electron chi connectivity index (χ0n) is 11.1. The zero-order valence-corrected chi connectivity index (χ0v) is 14.8. The maximum Gasteiger partial charge on any atom is 0.265 e. The first-order valence-corrected chi connectivity index (χ1v) is 9.05. The number of nitrogens with one attached hydrogen (secondary N) is 2. The second-order valence-electron chi connectivity index (χ2n) is 4.11. The zero-order chi connectivity index (χ0) is 15.5. The summed E-state index contributed by atoms with van der Waals surface area (Å²) in [5, 5.41) is 3.49. The monoisotopic (exact) mass is 437 g/mol. The van der Waals surface area contributed by atoms with E-state index in [1.54, 1.807) is 30.5 Å². The van der Waals surface area contributed by atoms with Gasteiger partial charge in [0.1, 0.15) is 10.7 Å². The molecule has 1 aromatic heterocycles. The van der Waals surface area contributed by atoms with Crippen molar-refractivity contribution in [3.8, 4) is 0 Å². The molecule has 0 fully saturated rings. The number of pyridine rings is 1. The highest BCUT2D eigenvalue weighted by Crippen LogP contribution is 2.26. The molecular formula is C13H13ClIN3O2S. The molecule has 21 heavy (non-hydrogen) atoms. The second-order valence-corrected chi connectivity index (χ2v) is 7.36. The largest absolute Gasteiger partial charge is 0.369 e. The summed E-state index contributed by atoms with van der Waals surface area (Å²) in [4.78, 5) is 4.17. The number of sulfonamides is 1. The lowest BCUT2D eigenvalue weighted by Crippen LogP contribution is -2.16. The third kappa shape index (κ3) is 3.98. The molecule has 0 unspecified atom stereocenters. The van der Waals surface area contributed by atoms with E-state index in [-0.39, 0.29) is 4.90 Å². The summed E-state index contributed by atoms with van der Waals surface area (Å²) in [6.07, 6.45) is 1.54. The first-order chi connectivity index (χ1) is 9.94. The number of nitrogens with zero attached hydrogens (tertiary/aromatic N) is 1.